The van der Waals surface area contributed by atoms with Crippen molar-refractivity contribution < 1.29 is 24.1 Å². The van der Waals surface area contributed by atoms with Crippen molar-refractivity contribution in [2.24, 2.45) is 5.92 Å². The summed E-state index contributed by atoms with van der Waals surface area (Å²) in [6.45, 7) is 1.23. The molecule has 32 heavy (non-hydrogen) atoms. The van der Waals surface area contributed by atoms with Crippen molar-refractivity contribution in [1.29, 1.82) is 0 Å². The first-order valence-corrected chi connectivity index (χ1v) is 10.7. The standard InChI is InChI=1S/C25H28N2O5/c1-30-21-13-23(32-3)22(31-2)12-19(21)24(27-10-6-8-17(15-27)25(28)29)18-11-16-7-4-5-9-20(16)26-14-18/h4-5,7,9,11-14,17,24H,6,8,10,15H2,1-3H3,(H,28,29). The maximum absolute atomic E-state index is 11.8. The number of carboxylic acids is 1. The molecule has 0 radical (unpaired) electrons. The van der Waals surface area contributed by atoms with Gasteiger partial charge in [-0.3, -0.25) is 14.7 Å². The molecule has 0 saturated carbocycles. The van der Waals surface area contributed by atoms with Gasteiger partial charge in [0.1, 0.15) is 5.75 Å². The molecule has 2 atom stereocenters. The third-order valence-corrected chi connectivity index (χ3v) is 6.13. The minimum absolute atomic E-state index is 0.246. The van der Waals surface area contributed by atoms with Crippen LogP contribution in [-0.2, 0) is 4.79 Å². The van der Waals surface area contributed by atoms with Gasteiger partial charge in [-0.15, -0.1) is 0 Å². The first-order chi connectivity index (χ1) is 15.5. The van der Waals surface area contributed by atoms with Gasteiger partial charge in [0.05, 0.1) is 38.8 Å². The Kier molecular flexibility index (Phi) is 6.46. The molecule has 1 N–H and O–H groups in total. The van der Waals surface area contributed by atoms with Crippen LogP contribution in [-0.4, -0.2) is 55.4 Å². The number of fused-ring (bicyclic) bond motifs is 1. The van der Waals surface area contributed by atoms with E-state index in [1.165, 1.54) is 0 Å². The molecule has 0 bridgehead atoms. The van der Waals surface area contributed by atoms with Crippen molar-refractivity contribution in [3.8, 4) is 17.2 Å². The molecule has 4 rings (SSSR count). The Morgan fingerprint density at radius 3 is 2.50 bits per heavy atom. The fraction of sp³-hybridized carbons (Fsp3) is 0.360. The van der Waals surface area contributed by atoms with Crippen LogP contribution < -0.4 is 14.2 Å². The molecule has 1 fully saturated rings. The van der Waals surface area contributed by atoms with Gasteiger partial charge in [-0.25, -0.2) is 0 Å². The first kappa shape index (κ1) is 21.9. The highest BCUT2D eigenvalue weighted by molar-refractivity contribution is 5.79. The monoisotopic (exact) mass is 436 g/mol. The molecule has 3 aromatic rings. The van der Waals surface area contributed by atoms with E-state index >= 15 is 0 Å². The molecule has 1 aliphatic rings. The Hall–Kier alpha value is -3.32. The maximum atomic E-state index is 11.8. The number of aliphatic carboxylic acids is 1. The lowest BCUT2D eigenvalue weighted by molar-refractivity contribution is -0.143. The van der Waals surface area contributed by atoms with E-state index in [1.807, 2.05) is 42.6 Å². The van der Waals surface area contributed by atoms with E-state index in [-0.39, 0.29) is 6.04 Å². The van der Waals surface area contributed by atoms with E-state index in [1.54, 1.807) is 21.3 Å². The van der Waals surface area contributed by atoms with Crippen LogP contribution in [0, 0.1) is 5.92 Å². The van der Waals surface area contributed by atoms with Crippen molar-refractivity contribution >= 4 is 16.9 Å². The second-order valence-electron chi connectivity index (χ2n) is 7.99. The summed E-state index contributed by atoms with van der Waals surface area (Å²) in [5.74, 6) is 0.646. The zero-order valence-electron chi connectivity index (χ0n) is 18.6. The van der Waals surface area contributed by atoms with E-state index in [4.69, 9.17) is 14.2 Å². The molecule has 0 amide bonds. The summed E-state index contributed by atoms with van der Waals surface area (Å²) in [5.41, 5.74) is 2.77. The highest BCUT2D eigenvalue weighted by Crippen LogP contribution is 2.43. The van der Waals surface area contributed by atoms with Crippen molar-refractivity contribution in [3.63, 3.8) is 0 Å². The van der Waals surface area contributed by atoms with Crippen molar-refractivity contribution in [2.45, 2.75) is 18.9 Å². The number of rotatable bonds is 7. The van der Waals surface area contributed by atoms with Crippen LogP contribution in [0.15, 0.2) is 48.7 Å². The summed E-state index contributed by atoms with van der Waals surface area (Å²) >= 11 is 0. The average molecular weight is 437 g/mol. The molecule has 1 saturated heterocycles. The number of hydrogen-bond acceptors (Lipinski definition) is 6. The SMILES string of the molecule is COc1cc(OC)c(C(c2cnc3ccccc3c2)N2CCCC(C(=O)O)C2)cc1OC. The molecule has 0 aliphatic carbocycles. The van der Waals surface area contributed by atoms with Crippen LogP contribution in [0.2, 0.25) is 0 Å². The Morgan fingerprint density at radius 1 is 1.06 bits per heavy atom. The number of likely N-dealkylation sites (tertiary alicyclic amines) is 1. The topological polar surface area (TPSA) is 81.1 Å². The lowest BCUT2D eigenvalue weighted by Crippen LogP contribution is -2.41. The number of benzene rings is 2. The molecular formula is C25H28N2O5. The molecule has 168 valence electrons. The predicted molar refractivity (Wildman–Crippen MR) is 122 cm³/mol. The van der Waals surface area contributed by atoms with E-state index in [2.05, 4.69) is 16.0 Å². The highest BCUT2D eigenvalue weighted by Gasteiger charge is 2.33. The van der Waals surface area contributed by atoms with Crippen LogP contribution in [0.5, 0.6) is 17.2 Å². The minimum atomic E-state index is -0.760. The molecule has 2 heterocycles. The summed E-state index contributed by atoms with van der Waals surface area (Å²) in [4.78, 5) is 18.7. The van der Waals surface area contributed by atoms with Crippen molar-refractivity contribution in [2.75, 3.05) is 34.4 Å². The molecule has 7 nitrogen and oxygen atoms in total. The van der Waals surface area contributed by atoms with Gasteiger partial charge in [-0.2, -0.15) is 0 Å². The maximum Gasteiger partial charge on any atom is 0.307 e. The number of para-hydroxylation sites is 1. The zero-order chi connectivity index (χ0) is 22.7. The number of hydrogen-bond donors (Lipinski definition) is 1. The number of carbonyl (C=O) groups is 1. The third-order valence-electron chi connectivity index (χ3n) is 6.13. The third kappa shape index (κ3) is 4.21. The smallest absolute Gasteiger partial charge is 0.307 e. The van der Waals surface area contributed by atoms with Crippen LogP contribution in [0.25, 0.3) is 10.9 Å². The number of pyridine rings is 1. The zero-order valence-corrected chi connectivity index (χ0v) is 18.6. The van der Waals surface area contributed by atoms with E-state index in [9.17, 15) is 9.90 Å². The largest absolute Gasteiger partial charge is 0.496 e. The molecule has 7 heteroatoms. The number of aromatic nitrogens is 1. The lowest BCUT2D eigenvalue weighted by atomic mass is 9.91. The number of carboxylic acid groups (broad SMARTS) is 1. The minimum Gasteiger partial charge on any atom is -0.496 e. The van der Waals surface area contributed by atoms with Gasteiger partial charge >= 0.3 is 5.97 Å². The van der Waals surface area contributed by atoms with E-state index in [0.29, 0.717) is 30.2 Å². The molecule has 0 spiro atoms. The molecular weight excluding hydrogens is 408 g/mol. The number of nitrogens with zero attached hydrogens (tertiary/aromatic N) is 2. The second-order valence-corrected chi connectivity index (χ2v) is 7.99. The molecule has 1 aromatic heterocycles. The molecule has 2 aromatic carbocycles. The van der Waals surface area contributed by atoms with Gasteiger partial charge in [0.15, 0.2) is 11.5 Å². The van der Waals surface area contributed by atoms with Crippen LogP contribution >= 0.6 is 0 Å². The van der Waals surface area contributed by atoms with Gasteiger partial charge in [0, 0.05) is 29.8 Å². The fourth-order valence-corrected chi connectivity index (χ4v) is 4.53. The van der Waals surface area contributed by atoms with E-state index in [0.717, 1.165) is 35.0 Å². The van der Waals surface area contributed by atoms with Crippen molar-refractivity contribution in [3.05, 3.63) is 59.8 Å². The normalized spacial score (nSPS) is 17.7. The summed E-state index contributed by atoms with van der Waals surface area (Å²) in [5, 5.41) is 10.7. The Labute approximate surface area is 187 Å². The highest BCUT2D eigenvalue weighted by atomic mass is 16.5. The quantitative estimate of drug-likeness (QED) is 0.596. The van der Waals surface area contributed by atoms with Crippen molar-refractivity contribution in [1.82, 2.24) is 9.88 Å². The molecule has 2 unspecified atom stereocenters. The Morgan fingerprint density at radius 2 is 1.78 bits per heavy atom. The van der Waals surface area contributed by atoms with Gasteiger partial charge in [0.2, 0.25) is 0 Å². The van der Waals surface area contributed by atoms with Gasteiger partial charge in [-0.1, -0.05) is 18.2 Å². The fourth-order valence-electron chi connectivity index (χ4n) is 4.53. The van der Waals surface area contributed by atoms with Crippen LogP contribution in [0.3, 0.4) is 0 Å². The number of methoxy groups -OCH3 is 3. The second kappa shape index (κ2) is 9.44. The van der Waals surface area contributed by atoms with Gasteiger partial charge in [0.25, 0.3) is 0 Å². The summed E-state index contributed by atoms with van der Waals surface area (Å²) < 4.78 is 16.8. The molecule has 1 aliphatic heterocycles. The summed E-state index contributed by atoms with van der Waals surface area (Å²) in [7, 11) is 4.81. The van der Waals surface area contributed by atoms with Crippen LogP contribution in [0.4, 0.5) is 0 Å². The lowest BCUT2D eigenvalue weighted by Gasteiger charge is -2.38. The Balaban J connectivity index is 1.88. The van der Waals surface area contributed by atoms with Gasteiger partial charge in [-0.05, 0) is 43.1 Å². The first-order valence-electron chi connectivity index (χ1n) is 10.7. The average Bonchev–Trinajstić information content (AvgIpc) is 2.84. The van der Waals surface area contributed by atoms with Crippen LogP contribution in [0.1, 0.15) is 30.0 Å². The summed E-state index contributed by atoms with van der Waals surface area (Å²) in [6, 6.07) is 13.6. The van der Waals surface area contributed by atoms with Gasteiger partial charge < -0.3 is 19.3 Å². The van der Waals surface area contributed by atoms with E-state index < -0.39 is 11.9 Å². The Bertz CT molecular complexity index is 1120. The summed E-state index contributed by atoms with van der Waals surface area (Å²) in [6.07, 6.45) is 3.36. The number of ether oxygens (including phenoxy) is 3. The predicted octanol–water partition coefficient (Wildman–Crippen LogP) is 4.15. The number of piperidine rings is 1.